The Morgan fingerprint density at radius 1 is 1.40 bits per heavy atom. The minimum absolute atomic E-state index is 0.0303. The molecule has 2 aromatic rings. The van der Waals surface area contributed by atoms with Crippen LogP contribution in [0.25, 0.3) is 11.5 Å². The summed E-state index contributed by atoms with van der Waals surface area (Å²) in [5.74, 6) is 0.356. The number of hydrogen-bond donors (Lipinski definition) is 2. The number of likely N-dealkylation sites (tertiary alicyclic amines) is 1. The molecule has 3 rings (SSSR count). The molecule has 9 heteroatoms. The molecule has 0 spiro atoms. The Kier molecular flexibility index (Phi) is 4.70. The van der Waals surface area contributed by atoms with E-state index in [-0.39, 0.29) is 17.4 Å². The summed E-state index contributed by atoms with van der Waals surface area (Å²) in [5.41, 5.74) is 2.39. The van der Waals surface area contributed by atoms with Crippen LogP contribution in [0, 0.1) is 13.8 Å². The summed E-state index contributed by atoms with van der Waals surface area (Å²) in [5, 5.41) is 6.81. The average Bonchev–Trinajstić information content (AvgIpc) is 3.22. The summed E-state index contributed by atoms with van der Waals surface area (Å²) >= 11 is 0. The molecule has 1 saturated heterocycles. The van der Waals surface area contributed by atoms with Gasteiger partial charge >= 0.3 is 0 Å². The van der Waals surface area contributed by atoms with Crippen LogP contribution in [0.5, 0.6) is 0 Å². The summed E-state index contributed by atoms with van der Waals surface area (Å²) in [4.78, 5) is 13.6. The molecule has 0 aromatic carbocycles. The van der Waals surface area contributed by atoms with Crippen LogP contribution < -0.4 is 4.72 Å². The van der Waals surface area contributed by atoms with Crippen molar-refractivity contribution in [2.24, 2.45) is 0 Å². The van der Waals surface area contributed by atoms with E-state index in [2.05, 4.69) is 14.9 Å². The van der Waals surface area contributed by atoms with E-state index in [0.29, 0.717) is 24.5 Å². The van der Waals surface area contributed by atoms with Crippen molar-refractivity contribution >= 4 is 15.9 Å². The van der Waals surface area contributed by atoms with E-state index in [1.165, 1.54) is 6.07 Å². The highest BCUT2D eigenvalue weighted by Gasteiger charge is 2.33. The Hall–Kier alpha value is -2.13. The molecule has 0 radical (unpaired) electrons. The van der Waals surface area contributed by atoms with Gasteiger partial charge in [0, 0.05) is 36.8 Å². The second-order valence-electron chi connectivity index (χ2n) is 6.30. The number of aromatic nitrogens is 2. The van der Waals surface area contributed by atoms with E-state index in [1.807, 2.05) is 20.8 Å². The first-order valence-electron chi connectivity index (χ1n) is 8.23. The molecule has 1 amide bonds. The number of hydrogen-bond acceptors (Lipinski definition) is 5. The number of rotatable bonds is 6. The zero-order chi connectivity index (χ0) is 18.2. The Balaban J connectivity index is 1.75. The van der Waals surface area contributed by atoms with Gasteiger partial charge in [-0.2, -0.15) is 5.10 Å². The van der Waals surface area contributed by atoms with Crippen molar-refractivity contribution in [3.8, 4) is 11.5 Å². The van der Waals surface area contributed by atoms with Gasteiger partial charge in [0.25, 0.3) is 10.0 Å². The van der Waals surface area contributed by atoms with Gasteiger partial charge in [-0.05, 0) is 32.4 Å². The monoisotopic (exact) mass is 366 g/mol. The molecule has 25 heavy (non-hydrogen) atoms. The lowest BCUT2D eigenvalue weighted by Crippen LogP contribution is -2.37. The van der Waals surface area contributed by atoms with Gasteiger partial charge < -0.3 is 9.32 Å². The van der Waals surface area contributed by atoms with Crippen LogP contribution in [0.1, 0.15) is 31.0 Å². The quantitative estimate of drug-likeness (QED) is 0.807. The van der Waals surface area contributed by atoms with Crippen molar-refractivity contribution in [3.05, 3.63) is 23.4 Å². The third kappa shape index (κ3) is 3.47. The van der Waals surface area contributed by atoms with E-state index in [9.17, 15) is 13.2 Å². The number of amides is 1. The molecule has 0 saturated carbocycles. The third-order valence-corrected chi connectivity index (χ3v) is 5.76. The number of sulfonamides is 1. The minimum Gasteiger partial charge on any atom is -0.442 e. The predicted octanol–water partition coefficient (Wildman–Crippen LogP) is 1.58. The van der Waals surface area contributed by atoms with Crippen LogP contribution >= 0.6 is 0 Å². The van der Waals surface area contributed by atoms with Crippen LogP contribution in [0.4, 0.5) is 0 Å². The van der Waals surface area contributed by atoms with Gasteiger partial charge in [0.15, 0.2) is 5.76 Å². The van der Waals surface area contributed by atoms with Crippen molar-refractivity contribution in [2.75, 3.05) is 13.1 Å². The lowest BCUT2D eigenvalue weighted by Gasteiger charge is -2.15. The highest BCUT2D eigenvalue weighted by Crippen LogP contribution is 2.27. The fourth-order valence-corrected chi connectivity index (χ4v) is 4.09. The number of nitrogens with one attached hydrogen (secondary N) is 2. The first kappa shape index (κ1) is 17.7. The second kappa shape index (κ2) is 6.64. The maximum absolute atomic E-state index is 12.5. The fourth-order valence-electron chi connectivity index (χ4n) is 2.93. The SMILES string of the molecule is CCCN1C[C@@H](NS(=O)(=O)c2ccc(-c3n[nH]c(C)c3C)o2)CC1=O. The molecule has 136 valence electrons. The molecule has 3 heterocycles. The molecule has 0 bridgehead atoms. The van der Waals surface area contributed by atoms with E-state index in [1.54, 1.807) is 11.0 Å². The van der Waals surface area contributed by atoms with Crippen molar-refractivity contribution in [3.63, 3.8) is 0 Å². The summed E-state index contributed by atoms with van der Waals surface area (Å²) in [6, 6.07) is 2.55. The number of H-pyrrole nitrogens is 1. The first-order valence-corrected chi connectivity index (χ1v) is 9.72. The smallest absolute Gasteiger partial charge is 0.274 e. The molecule has 0 aliphatic carbocycles. The molecule has 2 aromatic heterocycles. The van der Waals surface area contributed by atoms with Gasteiger partial charge in [0.2, 0.25) is 11.0 Å². The normalized spacial score (nSPS) is 18.3. The Labute approximate surface area is 146 Å². The molecule has 8 nitrogen and oxygen atoms in total. The van der Waals surface area contributed by atoms with Crippen LogP contribution in [0.2, 0.25) is 0 Å². The summed E-state index contributed by atoms with van der Waals surface area (Å²) < 4.78 is 33.1. The predicted molar refractivity (Wildman–Crippen MR) is 91.4 cm³/mol. The molecule has 1 aliphatic heterocycles. The number of aryl methyl sites for hydroxylation is 1. The summed E-state index contributed by atoms with van der Waals surface area (Å²) in [7, 11) is -3.83. The zero-order valence-corrected chi connectivity index (χ0v) is 15.3. The lowest BCUT2D eigenvalue weighted by molar-refractivity contribution is -0.127. The first-order chi connectivity index (χ1) is 11.8. The van der Waals surface area contributed by atoms with Gasteiger partial charge in [0.1, 0.15) is 5.69 Å². The maximum atomic E-state index is 12.5. The van der Waals surface area contributed by atoms with Gasteiger partial charge in [0.05, 0.1) is 0 Å². The van der Waals surface area contributed by atoms with Gasteiger partial charge in [-0.3, -0.25) is 9.89 Å². The molecular weight excluding hydrogens is 344 g/mol. The third-order valence-electron chi connectivity index (χ3n) is 4.36. The van der Waals surface area contributed by atoms with Crippen LogP contribution in [0.15, 0.2) is 21.6 Å². The summed E-state index contributed by atoms with van der Waals surface area (Å²) in [6.45, 7) is 6.77. The highest BCUT2D eigenvalue weighted by molar-refractivity contribution is 7.89. The van der Waals surface area contributed by atoms with Gasteiger partial charge in [-0.1, -0.05) is 6.92 Å². The fraction of sp³-hybridized carbons (Fsp3) is 0.500. The zero-order valence-electron chi connectivity index (χ0n) is 14.5. The molecule has 1 aliphatic rings. The minimum atomic E-state index is -3.83. The molecule has 1 fully saturated rings. The van der Waals surface area contributed by atoms with Gasteiger partial charge in [-0.25, -0.2) is 13.1 Å². The molecule has 1 atom stereocenters. The second-order valence-corrected chi connectivity index (χ2v) is 7.95. The Morgan fingerprint density at radius 3 is 2.80 bits per heavy atom. The van der Waals surface area contributed by atoms with E-state index >= 15 is 0 Å². The maximum Gasteiger partial charge on any atom is 0.274 e. The average molecular weight is 366 g/mol. The van der Waals surface area contributed by atoms with Crippen LogP contribution in [0.3, 0.4) is 0 Å². The number of nitrogens with zero attached hydrogens (tertiary/aromatic N) is 2. The lowest BCUT2D eigenvalue weighted by atomic mass is 10.2. The largest absolute Gasteiger partial charge is 0.442 e. The number of aromatic amines is 1. The van der Waals surface area contributed by atoms with Crippen molar-refractivity contribution in [1.82, 2.24) is 19.8 Å². The molecular formula is C16H22N4O4S. The van der Waals surface area contributed by atoms with E-state index in [4.69, 9.17) is 4.42 Å². The standard InChI is InChI=1S/C16H22N4O4S/c1-4-7-20-9-12(8-14(20)21)19-25(22,23)15-6-5-13(24-15)16-10(2)11(3)17-18-16/h5-6,12,19H,4,7-9H2,1-3H3,(H,17,18)/t12-/m0/s1. The molecule has 2 N–H and O–H groups in total. The highest BCUT2D eigenvalue weighted by atomic mass is 32.2. The topological polar surface area (TPSA) is 108 Å². The van der Waals surface area contributed by atoms with Crippen LogP contribution in [-0.4, -0.2) is 48.6 Å². The van der Waals surface area contributed by atoms with E-state index < -0.39 is 16.1 Å². The number of carbonyl (C=O) groups excluding carboxylic acids is 1. The van der Waals surface area contributed by atoms with E-state index in [0.717, 1.165) is 17.7 Å². The van der Waals surface area contributed by atoms with Gasteiger partial charge in [-0.15, -0.1) is 0 Å². The number of carbonyl (C=O) groups is 1. The summed E-state index contributed by atoms with van der Waals surface area (Å²) in [6.07, 6.45) is 1.01. The van der Waals surface area contributed by atoms with Crippen molar-refractivity contribution in [2.45, 2.75) is 44.7 Å². The van der Waals surface area contributed by atoms with Crippen molar-refractivity contribution < 1.29 is 17.6 Å². The van der Waals surface area contributed by atoms with Crippen molar-refractivity contribution in [1.29, 1.82) is 0 Å². The number of furan rings is 1. The molecule has 0 unspecified atom stereocenters. The Morgan fingerprint density at radius 2 is 2.16 bits per heavy atom. The van der Waals surface area contributed by atoms with Crippen LogP contribution in [-0.2, 0) is 14.8 Å². The Bertz CT molecular complexity index is 884.